The van der Waals surface area contributed by atoms with Crippen molar-refractivity contribution < 1.29 is 0 Å². The molecule has 0 N–H and O–H groups in total. The highest BCUT2D eigenvalue weighted by Crippen LogP contribution is 2.07. The van der Waals surface area contributed by atoms with E-state index in [0.717, 1.165) is 5.69 Å². The van der Waals surface area contributed by atoms with E-state index in [1.54, 1.807) is 17.0 Å². The molecule has 4 nitrogen and oxygen atoms in total. The van der Waals surface area contributed by atoms with E-state index in [4.69, 9.17) is 22.1 Å². The Kier molecular flexibility index (Phi) is 4.56. The monoisotopic (exact) mass is 220 g/mol. The van der Waals surface area contributed by atoms with Gasteiger partial charge in [-0.15, -0.1) is 0 Å². The summed E-state index contributed by atoms with van der Waals surface area (Å²) >= 11 is 5.72. The molecule has 5 heteroatoms. The van der Waals surface area contributed by atoms with Crippen molar-refractivity contribution >= 4 is 11.6 Å². The van der Waals surface area contributed by atoms with Gasteiger partial charge in [-0.1, -0.05) is 17.7 Å². The van der Waals surface area contributed by atoms with Crippen LogP contribution in [-0.4, -0.2) is 23.0 Å². The van der Waals surface area contributed by atoms with Crippen LogP contribution in [-0.2, 0) is 6.54 Å². The molecule has 0 atom stereocenters. The lowest BCUT2D eigenvalue weighted by Gasteiger charge is -2.14. The van der Waals surface area contributed by atoms with Crippen molar-refractivity contribution in [1.29, 1.82) is 10.5 Å². The Hall–Kier alpha value is -1.62. The molecule has 0 aromatic carbocycles. The van der Waals surface area contributed by atoms with Gasteiger partial charge in [-0.05, 0) is 12.1 Å². The van der Waals surface area contributed by atoms with E-state index in [9.17, 15) is 0 Å². The average molecular weight is 221 g/mol. The molecular formula is C10H9ClN4. The number of nitrogens with zero attached hydrogens (tertiary/aromatic N) is 4. The number of rotatable bonds is 4. The van der Waals surface area contributed by atoms with Crippen LogP contribution < -0.4 is 0 Å². The minimum atomic E-state index is 0.210. The molecule has 0 fully saturated rings. The first-order valence-electron chi connectivity index (χ1n) is 4.34. The lowest BCUT2D eigenvalue weighted by Crippen LogP contribution is -2.24. The van der Waals surface area contributed by atoms with Crippen molar-refractivity contribution in [3.63, 3.8) is 0 Å². The molecule has 1 aromatic rings. The Bertz CT molecular complexity index is 389. The van der Waals surface area contributed by atoms with Crippen LogP contribution in [0.5, 0.6) is 0 Å². The van der Waals surface area contributed by atoms with Gasteiger partial charge >= 0.3 is 0 Å². The van der Waals surface area contributed by atoms with E-state index >= 15 is 0 Å². The van der Waals surface area contributed by atoms with Crippen LogP contribution in [0.1, 0.15) is 5.69 Å². The van der Waals surface area contributed by atoms with Crippen molar-refractivity contribution in [3.05, 3.63) is 29.0 Å². The van der Waals surface area contributed by atoms with E-state index < -0.39 is 0 Å². The van der Waals surface area contributed by atoms with Gasteiger partial charge in [0.1, 0.15) is 5.15 Å². The molecule has 15 heavy (non-hydrogen) atoms. The zero-order valence-corrected chi connectivity index (χ0v) is 8.78. The highest BCUT2D eigenvalue weighted by Gasteiger charge is 2.05. The maximum atomic E-state index is 8.55. The minimum absolute atomic E-state index is 0.210. The van der Waals surface area contributed by atoms with Crippen LogP contribution in [0.15, 0.2) is 18.2 Å². The van der Waals surface area contributed by atoms with Gasteiger partial charge in [0.05, 0.1) is 30.9 Å². The summed E-state index contributed by atoms with van der Waals surface area (Å²) in [6.07, 6.45) is 0. The molecule has 1 rings (SSSR count). The van der Waals surface area contributed by atoms with Gasteiger partial charge in [0.15, 0.2) is 0 Å². The summed E-state index contributed by atoms with van der Waals surface area (Å²) in [7, 11) is 0. The second-order valence-electron chi connectivity index (χ2n) is 2.91. The largest absolute Gasteiger partial charge is 0.271 e. The summed E-state index contributed by atoms with van der Waals surface area (Å²) in [4.78, 5) is 5.78. The molecule has 1 heterocycles. The summed E-state index contributed by atoms with van der Waals surface area (Å²) in [5.41, 5.74) is 0.757. The molecule has 0 saturated heterocycles. The van der Waals surface area contributed by atoms with Gasteiger partial charge in [-0.3, -0.25) is 4.90 Å². The van der Waals surface area contributed by atoms with E-state index in [0.29, 0.717) is 11.7 Å². The second kappa shape index (κ2) is 5.98. The van der Waals surface area contributed by atoms with Crippen LogP contribution in [0.4, 0.5) is 0 Å². The van der Waals surface area contributed by atoms with Gasteiger partial charge in [0.25, 0.3) is 0 Å². The predicted octanol–water partition coefficient (Wildman–Crippen LogP) is 1.58. The van der Waals surface area contributed by atoms with Crippen molar-refractivity contribution in [2.45, 2.75) is 6.54 Å². The number of hydrogen-bond donors (Lipinski definition) is 0. The second-order valence-corrected chi connectivity index (χ2v) is 3.30. The van der Waals surface area contributed by atoms with Gasteiger partial charge in [0, 0.05) is 6.54 Å². The molecule has 0 aliphatic heterocycles. The Morgan fingerprint density at radius 3 is 2.47 bits per heavy atom. The van der Waals surface area contributed by atoms with Gasteiger partial charge in [-0.2, -0.15) is 10.5 Å². The normalized spacial score (nSPS) is 9.60. The summed E-state index contributed by atoms with van der Waals surface area (Å²) in [5.74, 6) is 0. The molecule has 1 aromatic heterocycles. The van der Waals surface area contributed by atoms with Crippen molar-refractivity contribution in [1.82, 2.24) is 9.88 Å². The number of pyridine rings is 1. The summed E-state index contributed by atoms with van der Waals surface area (Å²) in [5, 5.41) is 17.5. The van der Waals surface area contributed by atoms with E-state index in [2.05, 4.69) is 4.98 Å². The van der Waals surface area contributed by atoms with Crippen LogP contribution in [0, 0.1) is 22.7 Å². The first-order chi connectivity index (χ1) is 7.26. The molecule has 0 radical (unpaired) electrons. The fourth-order valence-electron chi connectivity index (χ4n) is 1.14. The van der Waals surface area contributed by atoms with E-state index in [1.165, 1.54) is 0 Å². The minimum Gasteiger partial charge on any atom is -0.271 e. The van der Waals surface area contributed by atoms with E-state index in [1.807, 2.05) is 18.2 Å². The van der Waals surface area contributed by atoms with Gasteiger partial charge in [0.2, 0.25) is 0 Å². The van der Waals surface area contributed by atoms with Crippen LogP contribution in [0.2, 0.25) is 5.15 Å². The molecule has 76 valence electrons. The lowest BCUT2D eigenvalue weighted by molar-refractivity contribution is 0.330. The number of aromatic nitrogens is 1. The van der Waals surface area contributed by atoms with Gasteiger partial charge < -0.3 is 0 Å². The molecular weight excluding hydrogens is 212 g/mol. The van der Waals surface area contributed by atoms with Crippen molar-refractivity contribution in [3.8, 4) is 12.1 Å². The van der Waals surface area contributed by atoms with Crippen molar-refractivity contribution in [2.75, 3.05) is 13.1 Å². The fraction of sp³-hybridized carbons (Fsp3) is 0.300. The summed E-state index contributed by atoms with van der Waals surface area (Å²) in [6.45, 7) is 0.880. The Labute approximate surface area is 93.3 Å². The van der Waals surface area contributed by atoms with Crippen LogP contribution in [0.25, 0.3) is 0 Å². The zero-order valence-electron chi connectivity index (χ0n) is 8.02. The molecule has 0 unspecified atom stereocenters. The van der Waals surface area contributed by atoms with Crippen molar-refractivity contribution in [2.24, 2.45) is 0 Å². The Morgan fingerprint density at radius 2 is 1.93 bits per heavy atom. The lowest BCUT2D eigenvalue weighted by atomic mass is 10.3. The molecule has 0 spiro atoms. The third-order valence-corrected chi connectivity index (χ3v) is 1.96. The summed E-state index contributed by atoms with van der Waals surface area (Å²) < 4.78 is 0. The van der Waals surface area contributed by atoms with Gasteiger partial charge in [-0.25, -0.2) is 4.98 Å². The standard InChI is InChI=1S/C10H9ClN4/c11-10-3-1-2-9(14-10)8-15(6-4-12)7-5-13/h1-3H,6-8H2. The highest BCUT2D eigenvalue weighted by atomic mass is 35.5. The fourth-order valence-corrected chi connectivity index (χ4v) is 1.32. The third-order valence-electron chi connectivity index (χ3n) is 1.75. The number of nitriles is 2. The molecule has 0 amide bonds. The SMILES string of the molecule is N#CCN(CC#N)Cc1cccc(Cl)n1. The zero-order chi connectivity index (χ0) is 11.1. The first kappa shape index (κ1) is 11.5. The molecule has 0 aliphatic rings. The van der Waals surface area contributed by atoms with Crippen LogP contribution >= 0.6 is 11.6 Å². The molecule has 0 aliphatic carbocycles. The maximum Gasteiger partial charge on any atom is 0.129 e. The number of halogens is 1. The predicted molar refractivity (Wildman–Crippen MR) is 55.8 cm³/mol. The quantitative estimate of drug-likeness (QED) is 0.571. The molecule has 0 bridgehead atoms. The number of hydrogen-bond acceptors (Lipinski definition) is 4. The average Bonchev–Trinajstić information content (AvgIpc) is 2.18. The topological polar surface area (TPSA) is 63.7 Å². The summed E-state index contributed by atoms with van der Waals surface area (Å²) in [6, 6.07) is 9.29. The highest BCUT2D eigenvalue weighted by molar-refractivity contribution is 6.29. The maximum absolute atomic E-state index is 8.55. The Morgan fingerprint density at radius 1 is 1.27 bits per heavy atom. The van der Waals surface area contributed by atoms with E-state index in [-0.39, 0.29) is 13.1 Å². The smallest absolute Gasteiger partial charge is 0.129 e. The first-order valence-corrected chi connectivity index (χ1v) is 4.71. The molecule has 0 saturated carbocycles. The Balaban J connectivity index is 2.66. The third kappa shape index (κ3) is 3.95. The van der Waals surface area contributed by atoms with Crippen LogP contribution in [0.3, 0.4) is 0 Å².